The number of hydrogen-bond acceptors (Lipinski definition) is 2. The van der Waals surface area contributed by atoms with Crippen molar-refractivity contribution in [1.82, 2.24) is 4.90 Å². The van der Waals surface area contributed by atoms with Crippen molar-refractivity contribution >= 4 is 17.7 Å². The van der Waals surface area contributed by atoms with Crippen LogP contribution in [0, 0.1) is 18.8 Å². The SMILES string of the molecule is CCc1cccc(C)c1NC(=O)N1CC(C)CC(C(=O)O)C1. The van der Waals surface area contributed by atoms with E-state index in [9.17, 15) is 14.7 Å². The lowest BCUT2D eigenvalue weighted by Gasteiger charge is -2.34. The van der Waals surface area contributed by atoms with Crippen molar-refractivity contribution in [3.05, 3.63) is 29.3 Å². The van der Waals surface area contributed by atoms with E-state index in [1.807, 2.05) is 39.0 Å². The van der Waals surface area contributed by atoms with Crippen molar-refractivity contribution in [2.45, 2.75) is 33.6 Å². The average molecular weight is 304 g/mol. The van der Waals surface area contributed by atoms with E-state index >= 15 is 0 Å². The molecule has 1 aromatic rings. The molecule has 1 saturated heterocycles. The summed E-state index contributed by atoms with van der Waals surface area (Å²) in [6, 6.07) is 5.74. The Bertz CT molecular complexity index is 571. The predicted molar refractivity (Wildman–Crippen MR) is 86.1 cm³/mol. The van der Waals surface area contributed by atoms with Crippen molar-refractivity contribution in [2.75, 3.05) is 18.4 Å². The van der Waals surface area contributed by atoms with Crippen molar-refractivity contribution < 1.29 is 14.7 Å². The number of carbonyl (C=O) groups is 2. The molecular formula is C17H24N2O3. The van der Waals surface area contributed by atoms with Crippen molar-refractivity contribution in [2.24, 2.45) is 11.8 Å². The fourth-order valence-corrected chi connectivity index (χ4v) is 3.08. The third-order valence-corrected chi connectivity index (χ3v) is 4.27. The summed E-state index contributed by atoms with van der Waals surface area (Å²) in [6.45, 7) is 6.88. The first-order valence-electron chi connectivity index (χ1n) is 7.79. The van der Waals surface area contributed by atoms with Gasteiger partial charge in [-0.05, 0) is 36.8 Å². The molecule has 0 bridgehead atoms. The molecule has 1 heterocycles. The van der Waals surface area contributed by atoms with Crippen LogP contribution in [0.25, 0.3) is 0 Å². The summed E-state index contributed by atoms with van der Waals surface area (Å²) in [4.78, 5) is 25.4. The highest BCUT2D eigenvalue weighted by molar-refractivity contribution is 5.91. The third kappa shape index (κ3) is 3.59. The van der Waals surface area contributed by atoms with Crippen LogP contribution in [0.15, 0.2) is 18.2 Å². The fourth-order valence-electron chi connectivity index (χ4n) is 3.08. The van der Waals surface area contributed by atoms with E-state index < -0.39 is 11.9 Å². The highest BCUT2D eigenvalue weighted by Gasteiger charge is 2.32. The van der Waals surface area contributed by atoms with Gasteiger partial charge in [0.1, 0.15) is 0 Å². The van der Waals surface area contributed by atoms with Gasteiger partial charge in [0.05, 0.1) is 5.92 Å². The van der Waals surface area contributed by atoms with E-state index in [-0.39, 0.29) is 18.5 Å². The molecule has 2 atom stereocenters. The lowest BCUT2D eigenvalue weighted by Crippen LogP contribution is -2.47. The molecular weight excluding hydrogens is 280 g/mol. The zero-order chi connectivity index (χ0) is 16.3. The van der Waals surface area contributed by atoms with Gasteiger partial charge in [0.25, 0.3) is 0 Å². The molecule has 1 aliphatic rings. The van der Waals surface area contributed by atoms with Crippen LogP contribution in [-0.4, -0.2) is 35.1 Å². The largest absolute Gasteiger partial charge is 0.481 e. The average Bonchev–Trinajstić information content (AvgIpc) is 2.48. The van der Waals surface area contributed by atoms with E-state index in [1.54, 1.807) is 4.90 Å². The monoisotopic (exact) mass is 304 g/mol. The molecule has 0 radical (unpaired) electrons. The van der Waals surface area contributed by atoms with Gasteiger partial charge in [0, 0.05) is 18.8 Å². The van der Waals surface area contributed by atoms with E-state index in [1.165, 1.54) is 0 Å². The van der Waals surface area contributed by atoms with Gasteiger partial charge >= 0.3 is 12.0 Å². The molecule has 2 N–H and O–H groups in total. The van der Waals surface area contributed by atoms with Crippen LogP contribution in [0.3, 0.4) is 0 Å². The minimum absolute atomic E-state index is 0.197. The van der Waals surface area contributed by atoms with Gasteiger partial charge in [-0.25, -0.2) is 4.79 Å². The van der Waals surface area contributed by atoms with Gasteiger partial charge in [0.15, 0.2) is 0 Å². The highest BCUT2D eigenvalue weighted by Crippen LogP contribution is 2.25. The molecule has 2 amide bonds. The van der Waals surface area contributed by atoms with Crippen LogP contribution >= 0.6 is 0 Å². The molecule has 2 unspecified atom stereocenters. The molecule has 0 aromatic heterocycles. The van der Waals surface area contributed by atoms with Gasteiger partial charge in [0.2, 0.25) is 0 Å². The number of nitrogens with zero attached hydrogens (tertiary/aromatic N) is 1. The Hall–Kier alpha value is -2.04. The normalized spacial score (nSPS) is 21.5. The maximum Gasteiger partial charge on any atom is 0.321 e. The van der Waals surface area contributed by atoms with Crippen LogP contribution in [0.2, 0.25) is 0 Å². The molecule has 2 rings (SSSR count). The van der Waals surface area contributed by atoms with Crippen LogP contribution in [0.5, 0.6) is 0 Å². The topological polar surface area (TPSA) is 69.6 Å². The number of aliphatic carboxylic acids is 1. The predicted octanol–water partition coefficient (Wildman–Crippen LogP) is 3.13. The number of rotatable bonds is 3. The fraction of sp³-hybridized carbons (Fsp3) is 0.529. The molecule has 0 saturated carbocycles. The first-order chi connectivity index (χ1) is 10.4. The highest BCUT2D eigenvalue weighted by atomic mass is 16.4. The second kappa shape index (κ2) is 6.81. The summed E-state index contributed by atoms with van der Waals surface area (Å²) in [6.07, 6.45) is 1.47. The first-order valence-corrected chi connectivity index (χ1v) is 7.79. The van der Waals surface area contributed by atoms with Crippen LogP contribution < -0.4 is 5.32 Å². The Balaban J connectivity index is 2.13. The Morgan fingerprint density at radius 1 is 1.36 bits per heavy atom. The molecule has 1 aliphatic heterocycles. The summed E-state index contributed by atoms with van der Waals surface area (Å²) in [5.41, 5.74) is 2.96. The third-order valence-electron chi connectivity index (χ3n) is 4.27. The Morgan fingerprint density at radius 2 is 2.09 bits per heavy atom. The standard InChI is InChI=1S/C17H24N2O3/c1-4-13-7-5-6-12(3)15(13)18-17(22)19-9-11(2)8-14(10-19)16(20)21/h5-7,11,14H,4,8-10H2,1-3H3,(H,18,22)(H,20,21). The Morgan fingerprint density at radius 3 is 2.73 bits per heavy atom. The van der Waals surface area contributed by atoms with E-state index in [2.05, 4.69) is 5.32 Å². The molecule has 22 heavy (non-hydrogen) atoms. The second-order valence-electron chi connectivity index (χ2n) is 6.17. The summed E-state index contributed by atoms with van der Waals surface area (Å²) in [5, 5.41) is 12.2. The zero-order valence-corrected chi connectivity index (χ0v) is 13.4. The Labute approximate surface area is 131 Å². The van der Waals surface area contributed by atoms with Crippen LogP contribution in [0.1, 0.15) is 31.4 Å². The number of likely N-dealkylation sites (tertiary alicyclic amines) is 1. The molecule has 1 fully saturated rings. The summed E-state index contributed by atoms with van der Waals surface area (Å²) in [5.74, 6) is -1.10. The van der Waals surface area contributed by atoms with Gasteiger partial charge in [-0.3, -0.25) is 4.79 Å². The van der Waals surface area contributed by atoms with Gasteiger partial charge in [-0.1, -0.05) is 32.0 Å². The quantitative estimate of drug-likeness (QED) is 0.901. The Kier molecular flexibility index (Phi) is 5.06. The number of piperidine rings is 1. The van der Waals surface area contributed by atoms with Gasteiger partial charge in [-0.2, -0.15) is 0 Å². The molecule has 0 aliphatic carbocycles. The number of hydrogen-bond donors (Lipinski definition) is 2. The lowest BCUT2D eigenvalue weighted by molar-refractivity contribution is -0.143. The van der Waals surface area contributed by atoms with Crippen molar-refractivity contribution in [3.8, 4) is 0 Å². The lowest BCUT2D eigenvalue weighted by atomic mass is 9.91. The van der Waals surface area contributed by atoms with Gasteiger partial charge in [-0.15, -0.1) is 0 Å². The molecule has 120 valence electrons. The maximum absolute atomic E-state index is 12.5. The zero-order valence-electron chi connectivity index (χ0n) is 13.4. The number of carboxylic acids is 1. The van der Waals surface area contributed by atoms with E-state index in [0.717, 1.165) is 23.2 Å². The summed E-state index contributed by atoms with van der Waals surface area (Å²) >= 11 is 0. The minimum Gasteiger partial charge on any atom is -0.481 e. The second-order valence-corrected chi connectivity index (χ2v) is 6.17. The van der Waals surface area contributed by atoms with Crippen molar-refractivity contribution in [3.63, 3.8) is 0 Å². The number of nitrogens with one attached hydrogen (secondary N) is 1. The number of anilines is 1. The summed E-state index contributed by atoms with van der Waals surface area (Å²) in [7, 11) is 0. The molecule has 1 aromatic carbocycles. The van der Waals surface area contributed by atoms with E-state index in [4.69, 9.17) is 0 Å². The van der Waals surface area contributed by atoms with Crippen LogP contribution in [-0.2, 0) is 11.2 Å². The summed E-state index contributed by atoms with van der Waals surface area (Å²) < 4.78 is 0. The smallest absolute Gasteiger partial charge is 0.321 e. The number of carbonyl (C=O) groups excluding carboxylic acids is 1. The maximum atomic E-state index is 12.5. The van der Waals surface area contributed by atoms with Crippen molar-refractivity contribution in [1.29, 1.82) is 0 Å². The van der Waals surface area contributed by atoms with Crippen LogP contribution in [0.4, 0.5) is 10.5 Å². The minimum atomic E-state index is -0.825. The van der Waals surface area contributed by atoms with E-state index in [0.29, 0.717) is 13.0 Å². The molecule has 5 nitrogen and oxygen atoms in total. The van der Waals surface area contributed by atoms with Gasteiger partial charge < -0.3 is 15.3 Å². The number of benzene rings is 1. The molecule has 0 spiro atoms. The first kappa shape index (κ1) is 16.3. The number of urea groups is 1. The number of para-hydroxylation sites is 1. The number of amides is 2. The molecule has 5 heteroatoms. The number of carboxylic acid groups (broad SMARTS) is 1. The number of aryl methyl sites for hydroxylation is 2.